The van der Waals surface area contributed by atoms with E-state index in [0.717, 1.165) is 64.3 Å². The first-order valence-electron chi connectivity index (χ1n) is 16.0. The summed E-state index contributed by atoms with van der Waals surface area (Å²) < 4.78 is 43.7. The smallest absolute Gasteiger partial charge is 0.331 e. The average Bonchev–Trinajstić information content (AvgIpc) is 3.10. The molecule has 1 fully saturated rings. The third kappa shape index (κ3) is 7.92. The number of piperidine rings is 1. The van der Waals surface area contributed by atoms with Crippen LogP contribution in [-0.2, 0) is 13.6 Å². The monoisotopic (exact) mass is 684 g/mol. The van der Waals surface area contributed by atoms with Gasteiger partial charge in [0.15, 0.2) is 11.6 Å². The number of hydrogen-bond acceptors (Lipinski definition) is 8. The maximum Gasteiger partial charge on any atom is 0.331 e. The molecule has 1 aliphatic heterocycles. The molecule has 0 aliphatic carbocycles. The molecule has 11 nitrogen and oxygen atoms in total. The Balaban J connectivity index is 1.06. The van der Waals surface area contributed by atoms with Crippen LogP contribution in [0.1, 0.15) is 34.3 Å². The molecule has 6 rings (SSSR count). The fourth-order valence-electron chi connectivity index (χ4n) is 5.71. The van der Waals surface area contributed by atoms with Crippen molar-refractivity contribution in [3.63, 3.8) is 0 Å². The zero-order chi connectivity index (χ0) is 35.4. The number of nitrogens with zero attached hydrogens (tertiary/aromatic N) is 5. The van der Waals surface area contributed by atoms with Crippen molar-refractivity contribution in [3.8, 4) is 0 Å². The topological polar surface area (TPSA) is 126 Å². The summed E-state index contributed by atoms with van der Waals surface area (Å²) in [4.78, 5) is 49.7. The lowest BCUT2D eigenvalue weighted by Crippen LogP contribution is -2.43. The second-order valence-corrected chi connectivity index (χ2v) is 12.2. The standard InChI is InChI=1S/C36H35F3N8O3/c1-45-14-11-25(12-15-45)42-32-10-7-26(18-30(32)39)43-35-41-19-24-16-22(6-9-31(24)44-35)4-3-13-40-33(48)27-21-46(2)36(50)47(34(27)49)20-23-5-8-28(37)29(38)17-23/h3-10,16-19,21,25,42H,11-15,20H2,1-2H3,(H,40,48)(H,41,43,44). The fourth-order valence-corrected chi connectivity index (χ4v) is 5.71. The van der Waals surface area contributed by atoms with Gasteiger partial charge in [0.1, 0.15) is 11.4 Å². The lowest BCUT2D eigenvalue weighted by Gasteiger charge is -2.30. The minimum Gasteiger partial charge on any atom is -0.380 e. The molecule has 50 heavy (non-hydrogen) atoms. The molecule has 0 bridgehead atoms. The molecule has 1 saturated heterocycles. The fraction of sp³-hybridized carbons (Fsp3) is 0.250. The summed E-state index contributed by atoms with van der Waals surface area (Å²) in [6.45, 7) is 1.69. The molecule has 3 N–H and O–H groups in total. The Morgan fingerprint density at radius 2 is 1.76 bits per heavy atom. The van der Waals surface area contributed by atoms with Gasteiger partial charge >= 0.3 is 5.69 Å². The van der Waals surface area contributed by atoms with Crippen LogP contribution in [0.3, 0.4) is 0 Å². The minimum atomic E-state index is -1.11. The van der Waals surface area contributed by atoms with Crippen molar-refractivity contribution in [2.45, 2.75) is 25.4 Å². The molecule has 14 heteroatoms. The van der Waals surface area contributed by atoms with Gasteiger partial charge in [-0.2, -0.15) is 0 Å². The molecular formula is C36H35F3N8O3. The first-order valence-corrected chi connectivity index (χ1v) is 16.0. The summed E-state index contributed by atoms with van der Waals surface area (Å²) in [5, 5.41) is 9.76. The van der Waals surface area contributed by atoms with Gasteiger partial charge in [0.2, 0.25) is 5.95 Å². The van der Waals surface area contributed by atoms with Gasteiger partial charge in [-0.1, -0.05) is 24.3 Å². The highest BCUT2D eigenvalue weighted by molar-refractivity contribution is 5.93. The molecule has 0 atom stereocenters. The summed E-state index contributed by atoms with van der Waals surface area (Å²) in [6, 6.07) is 13.7. The van der Waals surface area contributed by atoms with Crippen molar-refractivity contribution in [3.05, 3.63) is 128 Å². The molecule has 258 valence electrons. The number of aromatic nitrogens is 4. The van der Waals surface area contributed by atoms with Crippen molar-refractivity contribution >= 4 is 40.2 Å². The quantitative estimate of drug-likeness (QED) is 0.194. The van der Waals surface area contributed by atoms with E-state index in [1.165, 1.54) is 19.2 Å². The third-order valence-corrected chi connectivity index (χ3v) is 8.50. The van der Waals surface area contributed by atoms with Crippen molar-refractivity contribution in [1.82, 2.24) is 29.3 Å². The van der Waals surface area contributed by atoms with Crippen LogP contribution >= 0.6 is 0 Å². The number of halogens is 3. The second kappa shape index (κ2) is 14.8. The van der Waals surface area contributed by atoms with Gasteiger partial charge in [-0.15, -0.1) is 0 Å². The van der Waals surface area contributed by atoms with Crippen molar-refractivity contribution in [2.24, 2.45) is 7.05 Å². The molecule has 1 amide bonds. The Morgan fingerprint density at radius 1 is 0.960 bits per heavy atom. The minimum absolute atomic E-state index is 0.0740. The zero-order valence-corrected chi connectivity index (χ0v) is 27.4. The lowest BCUT2D eigenvalue weighted by atomic mass is 10.1. The van der Waals surface area contributed by atoms with E-state index in [4.69, 9.17) is 0 Å². The molecular weight excluding hydrogens is 649 g/mol. The molecule has 5 aromatic rings. The summed E-state index contributed by atoms with van der Waals surface area (Å²) in [7, 11) is 3.47. The number of benzene rings is 3. The van der Waals surface area contributed by atoms with Crippen LogP contribution in [0.2, 0.25) is 0 Å². The van der Waals surface area contributed by atoms with Crippen molar-refractivity contribution < 1.29 is 18.0 Å². The Morgan fingerprint density at radius 3 is 2.52 bits per heavy atom. The SMILES string of the molecule is CN1CCC(Nc2ccc(Nc3ncc4cc(C=CCNC(=O)c5cn(C)c(=O)n(Cc6ccc(F)c(F)c6)c5=O)ccc4n3)cc2F)CC1. The normalized spacial score (nSPS) is 13.9. The van der Waals surface area contributed by atoms with Crippen molar-refractivity contribution in [1.29, 1.82) is 0 Å². The van der Waals surface area contributed by atoms with E-state index in [9.17, 15) is 27.6 Å². The number of anilines is 3. The van der Waals surface area contributed by atoms with Gasteiger partial charge in [-0.25, -0.2) is 27.9 Å². The molecule has 3 heterocycles. The van der Waals surface area contributed by atoms with E-state index < -0.39 is 28.8 Å². The van der Waals surface area contributed by atoms with Gasteiger partial charge in [0.25, 0.3) is 11.5 Å². The number of fused-ring (bicyclic) bond motifs is 1. The highest BCUT2D eigenvalue weighted by Crippen LogP contribution is 2.24. The van der Waals surface area contributed by atoms with Crippen LogP contribution in [0.15, 0.2) is 82.7 Å². The number of hydrogen-bond donors (Lipinski definition) is 3. The van der Waals surface area contributed by atoms with Gasteiger partial charge in [-0.05, 0) is 86.6 Å². The number of amides is 1. The van der Waals surface area contributed by atoms with Crippen molar-refractivity contribution in [2.75, 3.05) is 37.3 Å². The molecule has 1 aliphatic rings. The molecule has 2 aromatic heterocycles. The Bertz CT molecular complexity index is 2210. The van der Waals surface area contributed by atoms with E-state index in [-0.39, 0.29) is 36.1 Å². The Hall–Kier alpha value is -5.76. The number of carbonyl (C=O) groups excluding carboxylic acids is 1. The van der Waals surface area contributed by atoms with Gasteiger partial charge < -0.3 is 25.4 Å². The lowest BCUT2D eigenvalue weighted by molar-refractivity contribution is 0.0954. The number of nitrogens with one attached hydrogen (secondary N) is 3. The van der Waals surface area contributed by atoms with E-state index in [0.29, 0.717) is 22.8 Å². The maximum absolute atomic E-state index is 14.9. The zero-order valence-electron chi connectivity index (χ0n) is 27.4. The summed E-state index contributed by atoms with van der Waals surface area (Å²) in [5.74, 6) is -2.90. The Labute approximate surface area is 285 Å². The largest absolute Gasteiger partial charge is 0.380 e. The number of likely N-dealkylation sites (tertiary alicyclic amines) is 1. The van der Waals surface area contributed by atoms with Crippen LogP contribution in [0.4, 0.5) is 30.5 Å². The molecule has 3 aromatic carbocycles. The first kappa shape index (κ1) is 34.1. The predicted molar refractivity (Wildman–Crippen MR) is 186 cm³/mol. The average molecular weight is 685 g/mol. The third-order valence-electron chi connectivity index (χ3n) is 8.50. The van der Waals surface area contributed by atoms with Crippen LogP contribution < -0.4 is 27.2 Å². The van der Waals surface area contributed by atoms with E-state index in [1.807, 2.05) is 18.2 Å². The molecule has 0 radical (unpaired) electrons. The molecule has 0 spiro atoms. The van der Waals surface area contributed by atoms with Gasteiger partial charge in [-0.3, -0.25) is 14.2 Å². The maximum atomic E-state index is 14.9. The van der Waals surface area contributed by atoms with Crippen LogP contribution in [0.5, 0.6) is 0 Å². The summed E-state index contributed by atoms with van der Waals surface area (Å²) >= 11 is 0. The molecule has 0 saturated carbocycles. The van der Waals surface area contributed by atoms with E-state index >= 15 is 0 Å². The van der Waals surface area contributed by atoms with Gasteiger partial charge in [0, 0.05) is 43.1 Å². The first-order chi connectivity index (χ1) is 24.0. The van der Waals surface area contributed by atoms with Crippen LogP contribution in [-0.4, -0.2) is 62.6 Å². The van der Waals surface area contributed by atoms with E-state index in [2.05, 4.69) is 37.9 Å². The Kier molecular flexibility index (Phi) is 10.1. The highest BCUT2D eigenvalue weighted by Gasteiger charge is 2.19. The number of aryl methyl sites for hydroxylation is 1. The number of carbonyl (C=O) groups is 1. The van der Waals surface area contributed by atoms with Crippen LogP contribution in [0, 0.1) is 17.5 Å². The second-order valence-electron chi connectivity index (χ2n) is 12.2. The highest BCUT2D eigenvalue weighted by atomic mass is 19.2. The summed E-state index contributed by atoms with van der Waals surface area (Å²) in [5.41, 5.74) is 0.814. The molecule has 0 unspecified atom stereocenters. The summed E-state index contributed by atoms with van der Waals surface area (Å²) in [6.07, 6.45) is 8.18. The van der Waals surface area contributed by atoms with Gasteiger partial charge in [0.05, 0.1) is 17.7 Å². The number of rotatable bonds is 10. The van der Waals surface area contributed by atoms with Crippen LogP contribution in [0.25, 0.3) is 17.0 Å². The predicted octanol–water partition coefficient (Wildman–Crippen LogP) is 4.65. The van der Waals surface area contributed by atoms with E-state index in [1.54, 1.807) is 30.5 Å².